The molecule has 3 aromatic rings. The summed E-state index contributed by atoms with van der Waals surface area (Å²) in [7, 11) is 0. The van der Waals surface area contributed by atoms with E-state index in [2.05, 4.69) is 10.1 Å². The molecule has 0 unspecified atom stereocenters. The van der Waals surface area contributed by atoms with E-state index in [0.29, 0.717) is 22.6 Å². The molecule has 24 heavy (non-hydrogen) atoms. The third-order valence-corrected chi connectivity index (χ3v) is 4.63. The minimum Gasteiger partial charge on any atom is -0.502 e. The Balaban J connectivity index is 1.57. The van der Waals surface area contributed by atoms with E-state index in [1.807, 2.05) is 35.0 Å². The predicted molar refractivity (Wildman–Crippen MR) is 89.5 cm³/mol. The zero-order chi connectivity index (χ0) is 16.5. The standard InChI is InChI=1S/C17H15N3O3S/c21-14-8-13(23-9-15(14)22)10-24-17-18-16(11-6-7-11)20(19-17)12-4-2-1-3-5-12/h1-5,8-9,11,22H,6-7,10H2. The van der Waals surface area contributed by atoms with Crippen molar-refractivity contribution in [1.82, 2.24) is 14.8 Å². The minimum atomic E-state index is -0.446. The molecule has 7 heteroatoms. The third-order valence-electron chi connectivity index (χ3n) is 3.77. The van der Waals surface area contributed by atoms with Gasteiger partial charge < -0.3 is 9.52 Å². The highest BCUT2D eigenvalue weighted by atomic mass is 32.2. The summed E-state index contributed by atoms with van der Waals surface area (Å²) in [4.78, 5) is 16.1. The Morgan fingerprint density at radius 1 is 1.29 bits per heavy atom. The molecule has 0 spiro atoms. The molecular formula is C17H15N3O3S. The maximum atomic E-state index is 11.4. The Kier molecular flexibility index (Phi) is 3.86. The number of aromatic nitrogens is 3. The first-order valence-corrected chi connectivity index (χ1v) is 8.65. The molecule has 4 rings (SSSR count). The molecule has 0 amide bonds. The van der Waals surface area contributed by atoms with Crippen LogP contribution in [-0.2, 0) is 5.75 Å². The highest BCUT2D eigenvalue weighted by Gasteiger charge is 2.30. The van der Waals surface area contributed by atoms with Gasteiger partial charge in [-0.05, 0) is 25.0 Å². The molecule has 1 aliphatic rings. The lowest BCUT2D eigenvalue weighted by atomic mass is 10.3. The van der Waals surface area contributed by atoms with Crippen molar-refractivity contribution in [1.29, 1.82) is 0 Å². The van der Waals surface area contributed by atoms with Gasteiger partial charge in [-0.2, -0.15) is 0 Å². The maximum absolute atomic E-state index is 11.4. The summed E-state index contributed by atoms with van der Waals surface area (Å²) >= 11 is 1.41. The van der Waals surface area contributed by atoms with E-state index in [1.54, 1.807) is 0 Å². The topological polar surface area (TPSA) is 81.2 Å². The van der Waals surface area contributed by atoms with Crippen LogP contribution in [-0.4, -0.2) is 19.9 Å². The van der Waals surface area contributed by atoms with Crippen molar-refractivity contribution in [2.75, 3.05) is 0 Å². The Hall–Kier alpha value is -2.54. The summed E-state index contributed by atoms with van der Waals surface area (Å²) in [5.74, 6) is 1.98. The van der Waals surface area contributed by atoms with Crippen LogP contribution >= 0.6 is 11.8 Å². The monoisotopic (exact) mass is 341 g/mol. The van der Waals surface area contributed by atoms with E-state index < -0.39 is 5.43 Å². The lowest BCUT2D eigenvalue weighted by Crippen LogP contribution is -2.01. The van der Waals surface area contributed by atoms with Gasteiger partial charge in [0.2, 0.25) is 10.6 Å². The van der Waals surface area contributed by atoms with Crippen molar-refractivity contribution in [3.63, 3.8) is 0 Å². The average Bonchev–Trinajstić information content (AvgIpc) is 3.36. The van der Waals surface area contributed by atoms with Crippen molar-refractivity contribution in [3.8, 4) is 11.4 Å². The fourth-order valence-corrected chi connectivity index (χ4v) is 3.11. The molecule has 122 valence electrons. The van der Waals surface area contributed by atoms with Crippen molar-refractivity contribution < 1.29 is 9.52 Å². The highest BCUT2D eigenvalue weighted by Crippen LogP contribution is 2.40. The molecule has 0 radical (unpaired) electrons. The molecule has 1 fully saturated rings. The van der Waals surface area contributed by atoms with Gasteiger partial charge >= 0.3 is 0 Å². The second kappa shape index (κ2) is 6.16. The summed E-state index contributed by atoms with van der Waals surface area (Å²) in [6, 6.07) is 11.2. The maximum Gasteiger partial charge on any atom is 0.226 e. The SMILES string of the molecule is O=c1cc(CSc2nc(C3CC3)n(-c3ccccc3)n2)occ1O. The number of rotatable bonds is 5. The zero-order valence-electron chi connectivity index (χ0n) is 12.8. The summed E-state index contributed by atoms with van der Waals surface area (Å²) in [5, 5.41) is 14.5. The lowest BCUT2D eigenvalue weighted by molar-refractivity contribution is 0.419. The molecule has 6 nitrogen and oxygen atoms in total. The van der Waals surface area contributed by atoms with Gasteiger partial charge in [-0.1, -0.05) is 30.0 Å². The van der Waals surface area contributed by atoms with Gasteiger partial charge in [-0.25, -0.2) is 9.67 Å². The van der Waals surface area contributed by atoms with Crippen LogP contribution < -0.4 is 5.43 Å². The minimum absolute atomic E-state index is 0.383. The number of hydrogen-bond acceptors (Lipinski definition) is 6. The Bertz CT molecular complexity index is 916. The van der Waals surface area contributed by atoms with Crippen molar-refractivity contribution >= 4 is 11.8 Å². The Morgan fingerprint density at radius 2 is 2.08 bits per heavy atom. The molecule has 2 aromatic heterocycles. The van der Waals surface area contributed by atoms with Crippen molar-refractivity contribution in [2.45, 2.75) is 29.7 Å². The van der Waals surface area contributed by atoms with Gasteiger partial charge in [0.25, 0.3) is 0 Å². The number of para-hydroxylation sites is 1. The highest BCUT2D eigenvalue weighted by molar-refractivity contribution is 7.98. The first kappa shape index (κ1) is 15.0. The summed E-state index contributed by atoms with van der Waals surface area (Å²) in [6.07, 6.45) is 3.34. The molecular weight excluding hydrogens is 326 g/mol. The molecule has 1 N–H and O–H groups in total. The largest absolute Gasteiger partial charge is 0.502 e. The Morgan fingerprint density at radius 3 is 2.79 bits per heavy atom. The molecule has 0 atom stereocenters. The number of aromatic hydroxyl groups is 1. The molecule has 1 aromatic carbocycles. The molecule has 2 heterocycles. The second-order valence-corrected chi connectivity index (χ2v) is 6.60. The predicted octanol–water partition coefficient (Wildman–Crippen LogP) is 3.10. The number of nitrogens with zero attached hydrogens (tertiary/aromatic N) is 3. The first-order chi connectivity index (χ1) is 11.7. The third kappa shape index (κ3) is 3.07. The van der Waals surface area contributed by atoms with Gasteiger partial charge in [-0.15, -0.1) is 5.10 Å². The van der Waals surface area contributed by atoms with E-state index in [-0.39, 0.29) is 5.75 Å². The van der Waals surface area contributed by atoms with Crippen LogP contribution in [0.4, 0.5) is 0 Å². The first-order valence-electron chi connectivity index (χ1n) is 7.66. The molecule has 1 saturated carbocycles. The molecule has 0 saturated heterocycles. The van der Waals surface area contributed by atoms with Crippen molar-refractivity contribution in [3.05, 3.63) is 64.5 Å². The second-order valence-electron chi connectivity index (χ2n) is 5.66. The molecule has 0 bridgehead atoms. The van der Waals surface area contributed by atoms with Crippen LogP contribution in [0.5, 0.6) is 5.75 Å². The smallest absolute Gasteiger partial charge is 0.226 e. The van der Waals surface area contributed by atoms with E-state index in [0.717, 1.165) is 30.6 Å². The quantitative estimate of drug-likeness (QED) is 0.718. The van der Waals surface area contributed by atoms with Crippen LogP contribution in [0.2, 0.25) is 0 Å². The van der Waals surface area contributed by atoms with Crippen LogP contribution in [0.25, 0.3) is 5.69 Å². The van der Waals surface area contributed by atoms with E-state index in [4.69, 9.17) is 4.42 Å². The van der Waals surface area contributed by atoms with Crippen LogP contribution in [0, 0.1) is 0 Å². The fraction of sp³-hybridized carbons (Fsp3) is 0.235. The van der Waals surface area contributed by atoms with Crippen LogP contribution in [0.1, 0.15) is 30.3 Å². The number of thioether (sulfide) groups is 1. The van der Waals surface area contributed by atoms with Gasteiger partial charge in [0, 0.05) is 12.0 Å². The van der Waals surface area contributed by atoms with E-state index in [1.165, 1.54) is 17.8 Å². The van der Waals surface area contributed by atoms with Gasteiger partial charge in [-0.3, -0.25) is 4.79 Å². The summed E-state index contributed by atoms with van der Waals surface area (Å²) < 4.78 is 7.10. The molecule has 1 aliphatic carbocycles. The number of benzene rings is 1. The van der Waals surface area contributed by atoms with E-state index in [9.17, 15) is 9.90 Å². The molecule has 0 aliphatic heterocycles. The average molecular weight is 341 g/mol. The number of hydrogen-bond donors (Lipinski definition) is 1. The van der Waals surface area contributed by atoms with Gasteiger partial charge in [0.15, 0.2) is 5.75 Å². The fourth-order valence-electron chi connectivity index (χ4n) is 2.39. The van der Waals surface area contributed by atoms with E-state index >= 15 is 0 Å². The van der Waals surface area contributed by atoms with Crippen LogP contribution in [0.15, 0.2) is 57.0 Å². The Labute approximate surface area is 142 Å². The zero-order valence-corrected chi connectivity index (χ0v) is 13.6. The summed E-state index contributed by atoms with van der Waals surface area (Å²) in [5.41, 5.74) is 0.549. The van der Waals surface area contributed by atoms with Crippen LogP contribution in [0.3, 0.4) is 0 Å². The van der Waals surface area contributed by atoms with Gasteiger partial charge in [0.05, 0.1) is 11.4 Å². The summed E-state index contributed by atoms with van der Waals surface area (Å²) in [6.45, 7) is 0. The lowest BCUT2D eigenvalue weighted by Gasteiger charge is -2.03. The van der Waals surface area contributed by atoms with Crippen molar-refractivity contribution in [2.24, 2.45) is 0 Å². The normalized spacial score (nSPS) is 14.0. The van der Waals surface area contributed by atoms with Gasteiger partial charge in [0.1, 0.15) is 17.8 Å².